The van der Waals surface area contributed by atoms with E-state index in [0.717, 1.165) is 31.9 Å². The van der Waals surface area contributed by atoms with Crippen molar-refractivity contribution in [2.24, 2.45) is 0 Å². The van der Waals surface area contributed by atoms with Crippen LogP contribution in [-0.4, -0.2) is 19.7 Å². The van der Waals surface area contributed by atoms with Crippen LogP contribution in [0.2, 0.25) is 0 Å². The molecule has 1 N–H and O–H groups in total. The van der Waals surface area contributed by atoms with Crippen LogP contribution in [0.25, 0.3) is 0 Å². The number of nitrogens with one attached hydrogen (secondary N) is 1. The molecule has 1 rings (SSSR count). The maximum absolute atomic E-state index is 5.49. The van der Waals surface area contributed by atoms with Crippen LogP contribution in [0, 0.1) is 6.92 Å². The number of para-hydroxylation sites is 1. The van der Waals surface area contributed by atoms with Crippen molar-refractivity contribution in [3.05, 3.63) is 37.3 Å². The van der Waals surface area contributed by atoms with Crippen molar-refractivity contribution in [3.8, 4) is 5.75 Å². The molecule has 0 atom stereocenters. The SMILES string of the molecule is [CH2]CNCCCOc1ccccc1. The van der Waals surface area contributed by atoms with E-state index in [4.69, 9.17) is 4.74 Å². The Morgan fingerprint density at radius 2 is 2.00 bits per heavy atom. The molecule has 0 aliphatic rings. The smallest absolute Gasteiger partial charge is 0.119 e. The van der Waals surface area contributed by atoms with Gasteiger partial charge in [-0.15, -0.1) is 0 Å². The first-order valence-corrected chi connectivity index (χ1v) is 4.61. The summed E-state index contributed by atoms with van der Waals surface area (Å²) < 4.78 is 5.49. The van der Waals surface area contributed by atoms with Gasteiger partial charge in [-0.2, -0.15) is 0 Å². The van der Waals surface area contributed by atoms with E-state index in [1.165, 1.54) is 0 Å². The van der Waals surface area contributed by atoms with Gasteiger partial charge in [-0.1, -0.05) is 18.2 Å². The van der Waals surface area contributed by atoms with Gasteiger partial charge in [0.2, 0.25) is 0 Å². The topological polar surface area (TPSA) is 21.3 Å². The zero-order chi connectivity index (χ0) is 9.36. The van der Waals surface area contributed by atoms with Gasteiger partial charge in [-0.3, -0.25) is 0 Å². The van der Waals surface area contributed by atoms with Crippen LogP contribution in [0.1, 0.15) is 6.42 Å². The third kappa shape index (κ3) is 4.53. The molecule has 0 spiro atoms. The molecule has 1 radical (unpaired) electrons. The first-order valence-electron chi connectivity index (χ1n) is 4.61. The van der Waals surface area contributed by atoms with Gasteiger partial charge in [0.05, 0.1) is 6.61 Å². The lowest BCUT2D eigenvalue weighted by Crippen LogP contribution is -2.16. The first kappa shape index (κ1) is 10.1. The van der Waals surface area contributed by atoms with Crippen LogP contribution in [-0.2, 0) is 0 Å². The third-order valence-electron chi connectivity index (χ3n) is 1.69. The summed E-state index contributed by atoms with van der Waals surface area (Å²) in [5.41, 5.74) is 0. The molecule has 2 nitrogen and oxygen atoms in total. The molecule has 1 aromatic rings. The summed E-state index contributed by atoms with van der Waals surface area (Å²) in [4.78, 5) is 0. The summed E-state index contributed by atoms with van der Waals surface area (Å²) in [5.74, 6) is 0.942. The van der Waals surface area contributed by atoms with Gasteiger partial charge in [0.15, 0.2) is 0 Å². The molecule has 2 heteroatoms. The van der Waals surface area contributed by atoms with Crippen LogP contribution in [0.4, 0.5) is 0 Å². The lowest BCUT2D eigenvalue weighted by atomic mass is 10.3. The fourth-order valence-corrected chi connectivity index (χ4v) is 1.03. The van der Waals surface area contributed by atoms with E-state index in [0.29, 0.717) is 0 Å². The van der Waals surface area contributed by atoms with Crippen molar-refractivity contribution in [1.29, 1.82) is 0 Å². The molecule has 0 bridgehead atoms. The van der Waals surface area contributed by atoms with Crippen LogP contribution >= 0.6 is 0 Å². The molecule has 0 unspecified atom stereocenters. The standard InChI is InChI=1S/C11H16NO/c1-2-12-9-6-10-13-11-7-4-3-5-8-11/h3-5,7-8,12H,1-2,6,9-10H2. The van der Waals surface area contributed by atoms with Gasteiger partial charge >= 0.3 is 0 Å². The first-order chi connectivity index (χ1) is 6.43. The molecule has 71 valence electrons. The van der Waals surface area contributed by atoms with Crippen LogP contribution in [0.5, 0.6) is 5.75 Å². The summed E-state index contributed by atoms with van der Waals surface area (Å²) in [6.45, 7) is 6.20. The number of ether oxygens (including phenoxy) is 1. The van der Waals surface area contributed by atoms with Crippen LogP contribution < -0.4 is 10.1 Å². The van der Waals surface area contributed by atoms with E-state index in [2.05, 4.69) is 12.2 Å². The Kier molecular flexibility index (Phi) is 5.02. The zero-order valence-corrected chi connectivity index (χ0v) is 7.83. The van der Waals surface area contributed by atoms with Gasteiger partial charge in [0.1, 0.15) is 5.75 Å². The van der Waals surface area contributed by atoms with Crippen molar-refractivity contribution < 1.29 is 4.74 Å². The predicted octanol–water partition coefficient (Wildman–Crippen LogP) is 1.88. The van der Waals surface area contributed by atoms with E-state index in [1.807, 2.05) is 30.3 Å². The second-order valence-corrected chi connectivity index (χ2v) is 2.77. The van der Waals surface area contributed by atoms with Crippen molar-refractivity contribution in [2.75, 3.05) is 19.7 Å². The third-order valence-corrected chi connectivity index (χ3v) is 1.69. The summed E-state index contributed by atoms with van der Waals surface area (Å²) in [6.07, 6.45) is 1.02. The monoisotopic (exact) mass is 178 g/mol. The van der Waals surface area contributed by atoms with Gasteiger partial charge in [0.25, 0.3) is 0 Å². The second-order valence-electron chi connectivity index (χ2n) is 2.77. The minimum Gasteiger partial charge on any atom is -0.494 e. The van der Waals surface area contributed by atoms with Gasteiger partial charge in [-0.05, 0) is 38.6 Å². The molecule has 0 aliphatic heterocycles. The van der Waals surface area contributed by atoms with Gasteiger partial charge in [-0.25, -0.2) is 0 Å². The molecule has 0 aliphatic carbocycles. The normalized spacial score (nSPS) is 9.92. The number of hydrogen-bond donors (Lipinski definition) is 1. The highest BCUT2D eigenvalue weighted by Gasteiger charge is 1.90. The van der Waals surface area contributed by atoms with E-state index in [-0.39, 0.29) is 0 Å². The molecule has 1 aromatic carbocycles. The highest BCUT2D eigenvalue weighted by molar-refractivity contribution is 5.20. The minimum absolute atomic E-state index is 0.761. The average molecular weight is 178 g/mol. The maximum Gasteiger partial charge on any atom is 0.119 e. The highest BCUT2D eigenvalue weighted by atomic mass is 16.5. The highest BCUT2D eigenvalue weighted by Crippen LogP contribution is 2.07. The maximum atomic E-state index is 5.49. The number of rotatable bonds is 6. The Morgan fingerprint density at radius 3 is 2.69 bits per heavy atom. The Morgan fingerprint density at radius 1 is 1.23 bits per heavy atom. The van der Waals surface area contributed by atoms with E-state index < -0.39 is 0 Å². The van der Waals surface area contributed by atoms with Gasteiger partial charge in [0, 0.05) is 0 Å². The minimum atomic E-state index is 0.761. The number of hydrogen-bond acceptors (Lipinski definition) is 2. The zero-order valence-electron chi connectivity index (χ0n) is 7.83. The molecule has 0 amide bonds. The van der Waals surface area contributed by atoms with Crippen molar-refractivity contribution in [2.45, 2.75) is 6.42 Å². The van der Waals surface area contributed by atoms with E-state index in [1.54, 1.807) is 0 Å². The van der Waals surface area contributed by atoms with Crippen LogP contribution in [0.15, 0.2) is 30.3 Å². The van der Waals surface area contributed by atoms with Crippen LogP contribution in [0.3, 0.4) is 0 Å². The molecule has 0 saturated heterocycles. The van der Waals surface area contributed by atoms with E-state index in [9.17, 15) is 0 Å². The molecule has 0 fully saturated rings. The Hall–Kier alpha value is -1.02. The molecular formula is C11H16NO. The lowest BCUT2D eigenvalue weighted by Gasteiger charge is -2.05. The quantitative estimate of drug-likeness (QED) is 0.671. The molecule has 13 heavy (non-hydrogen) atoms. The summed E-state index contributed by atoms with van der Waals surface area (Å²) in [5, 5.41) is 3.14. The molecule has 0 heterocycles. The average Bonchev–Trinajstić information content (AvgIpc) is 2.19. The summed E-state index contributed by atoms with van der Waals surface area (Å²) >= 11 is 0. The van der Waals surface area contributed by atoms with Gasteiger partial charge < -0.3 is 10.1 Å². The summed E-state index contributed by atoms with van der Waals surface area (Å²) in [6, 6.07) is 9.87. The molecule has 0 aromatic heterocycles. The largest absolute Gasteiger partial charge is 0.494 e. The summed E-state index contributed by atoms with van der Waals surface area (Å²) in [7, 11) is 0. The lowest BCUT2D eigenvalue weighted by molar-refractivity contribution is 0.309. The molecule has 0 saturated carbocycles. The number of benzene rings is 1. The fraction of sp³-hybridized carbons (Fsp3) is 0.364. The van der Waals surface area contributed by atoms with E-state index >= 15 is 0 Å². The van der Waals surface area contributed by atoms with Crippen molar-refractivity contribution in [1.82, 2.24) is 5.32 Å². The fourth-order valence-electron chi connectivity index (χ4n) is 1.03. The second kappa shape index (κ2) is 6.49. The Bertz CT molecular complexity index is 211. The van der Waals surface area contributed by atoms with Crippen molar-refractivity contribution >= 4 is 0 Å². The Labute approximate surface area is 79.9 Å². The Balaban J connectivity index is 2.07. The van der Waals surface area contributed by atoms with Crippen molar-refractivity contribution in [3.63, 3.8) is 0 Å². The predicted molar refractivity (Wildman–Crippen MR) is 54.8 cm³/mol. The molecular weight excluding hydrogens is 162 g/mol.